The Kier molecular flexibility index (Phi) is 8.16. The van der Waals surface area contributed by atoms with Crippen LogP contribution in [0.5, 0.6) is 0 Å². The minimum Gasteiger partial charge on any atom is -0.465 e. The topological polar surface area (TPSA) is 162 Å². The predicted molar refractivity (Wildman–Crippen MR) is 131 cm³/mol. The monoisotopic (exact) mass is 538 g/mol. The number of imidazole rings is 1. The number of pyridine rings is 1. The molecule has 1 aliphatic heterocycles. The van der Waals surface area contributed by atoms with Crippen molar-refractivity contribution in [2.45, 2.75) is 56.7 Å². The van der Waals surface area contributed by atoms with Crippen molar-refractivity contribution in [2.75, 3.05) is 29.9 Å². The van der Waals surface area contributed by atoms with Gasteiger partial charge in [-0.25, -0.2) is 24.7 Å². The first-order valence-electron chi connectivity index (χ1n) is 12.1. The molecule has 1 saturated carbocycles. The standard InChI is InChI=1S/C20H22F3N7O2.C3H7NO2/c21-20(22,23)11-1-4-15(24-7-11)29-6-5-12(8-29)28-18-16-19(26-9-25-18)30(10-27-16)13-2-3-14(31)17(13)32;1-2-4-3(5)6/h1,4,7,9-10,12-14,17,31-32H,2-3,5-6,8H2,(H,25,26,28);4H,2H2,1H3,(H,5,6)/t12?,13-,14-,17+;/m1./s1. The maximum absolute atomic E-state index is 12.8. The number of halogens is 3. The molecule has 3 aromatic rings. The van der Waals surface area contributed by atoms with Gasteiger partial charge in [0.2, 0.25) is 0 Å². The largest absolute Gasteiger partial charge is 0.465 e. The molecule has 0 spiro atoms. The van der Waals surface area contributed by atoms with Crippen LogP contribution >= 0.6 is 0 Å². The lowest BCUT2D eigenvalue weighted by Crippen LogP contribution is -2.27. The van der Waals surface area contributed by atoms with Gasteiger partial charge in [-0.05, 0) is 38.3 Å². The Morgan fingerprint density at radius 3 is 2.50 bits per heavy atom. The minimum atomic E-state index is -4.41. The lowest BCUT2D eigenvalue weighted by molar-refractivity contribution is -0.137. The fourth-order valence-electron chi connectivity index (χ4n) is 4.61. The first kappa shape index (κ1) is 27.3. The van der Waals surface area contributed by atoms with E-state index in [2.05, 4.69) is 30.6 Å². The van der Waals surface area contributed by atoms with Crippen LogP contribution in [0.25, 0.3) is 11.2 Å². The zero-order valence-electron chi connectivity index (χ0n) is 20.5. The summed E-state index contributed by atoms with van der Waals surface area (Å²) in [5.41, 5.74) is 0.362. The molecule has 0 aromatic carbocycles. The zero-order chi connectivity index (χ0) is 27.4. The van der Waals surface area contributed by atoms with Crippen LogP contribution < -0.4 is 15.5 Å². The third kappa shape index (κ3) is 6.05. The first-order chi connectivity index (χ1) is 18.1. The third-order valence-electron chi connectivity index (χ3n) is 6.52. The average molecular weight is 539 g/mol. The number of nitrogens with zero attached hydrogens (tertiary/aromatic N) is 6. The van der Waals surface area contributed by atoms with E-state index in [4.69, 9.17) is 5.11 Å². The Balaban J connectivity index is 0.000000505. The number of aliphatic hydroxyl groups is 2. The van der Waals surface area contributed by atoms with E-state index in [0.29, 0.717) is 55.3 Å². The van der Waals surface area contributed by atoms with Gasteiger partial charge >= 0.3 is 12.3 Å². The maximum Gasteiger partial charge on any atom is 0.417 e. The second-order valence-electron chi connectivity index (χ2n) is 9.06. The number of rotatable bonds is 5. The van der Waals surface area contributed by atoms with E-state index < -0.39 is 30.0 Å². The molecule has 3 aromatic heterocycles. The Bertz CT molecular complexity index is 1240. The third-order valence-corrected chi connectivity index (χ3v) is 6.52. The number of carboxylic acid groups (broad SMARTS) is 1. The van der Waals surface area contributed by atoms with Gasteiger partial charge in [0.15, 0.2) is 11.5 Å². The molecule has 15 heteroatoms. The molecule has 2 fully saturated rings. The van der Waals surface area contributed by atoms with Crippen molar-refractivity contribution in [2.24, 2.45) is 0 Å². The van der Waals surface area contributed by atoms with Gasteiger partial charge in [-0.2, -0.15) is 13.2 Å². The van der Waals surface area contributed by atoms with E-state index in [1.165, 1.54) is 12.4 Å². The lowest BCUT2D eigenvalue weighted by atomic mass is 10.2. The van der Waals surface area contributed by atoms with Crippen LogP contribution in [0.3, 0.4) is 0 Å². The van der Waals surface area contributed by atoms with Crippen molar-refractivity contribution >= 4 is 28.9 Å². The van der Waals surface area contributed by atoms with Gasteiger partial charge in [0, 0.05) is 31.9 Å². The average Bonchev–Trinajstić information content (AvgIpc) is 3.59. The van der Waals surface area contributed by atoms with E-state index in [1.807, 2.05) is 4.90 Å². The molecule has 12 nitrogen and oxygen atoms in total. The molecule has 206 valence electrons. The number of nitrogens with one attached hydrogen (secondary N) is 2. The van der Waals surface area contributed by atoms with Crippen molar-refractivity contribution in [3.05, 3.63) is 36.5 Å². The van der Waals surface area contributed by atoms with Gasteiger partial charge < -0.3 is 35.4 Å². The fraction of sp³-hybridized carbons (Fsp3) is 0.522. The van der Waals surface area contributed by atoms with Crippen molar-refractivity contribution in [1.29, 1.82) is 0 Å². The van der Waals surface area contributed by atoms with Crippen LogP contribution in [-0.4, -0.2) is 83.8 Å². The minimum absolute atomic E-state index is 0.00114. The molecular formula is C23H29F3N8O4. The number of aliphatic hydroxyl groups excluding tert-OH is 2. The Morgan fingerprint density at radius 1 is 1.13 bits per heavy atom. The quantitative estimate of drug-likeness (QED) is 0.326. The SMILES string of the molecule is CCNC(=O)O.O[C@@H]1[C@H](O)CC[C@H]1n1cnc2c(NC3CCN(c4ccc(C(F)(F)F)cn4)C3)ncnc21. The molecule has 1 unspecified atom stereocenters. The van der Waals surface area contributed by atoms with Gasteiger partial charge in [-0.1, -0.05) is 0 Å². The van der Waals surface area contributed by atoms with Gasteiger partial charge in [0.05, 0.1) is 24.0 Å². The lowest BCUT2D eigenvalue weighted by Gasteiger charge is -2.19. The van der Waals surface area contributed by atoms with Crippen molar-refractivity contribution < 1.29 is 33.3 Å². The molecule has 1 saturated heterocycles. The number of fused-ring (bicyclic) bond motifs is 1. The first-order valence-corrected chi connectivity index (χ1v) is 12.1. The molecular weight excluding hydrogens is 509 g/mol. The molecule has 4 heterocycles. The molecule has 2 aliphatic rings. The second-order valence-corrected chi connectivity index (χ2v) is 9.06. The van der Waals surface area contributed by atoms with Crippen molar-refractivity contribution in [3.63, 3.8) is 0 Å². The summed E-state index contributed by atoms with van der Waals surface area (Å²) < 4.78 is 40.1. The summed E-state index contributed by atoms with van der Waals surface area (Å²) in [7, 11) is 0. The van der Waals surface area contributed by atoms with Crippen LogP contribution in [0.2, 0.25) is 0 Å². The molecule has 1 aliphatic carbocycles. The molecule has 5 N–H and O–H groups in total. The molecule has 0 radical (unpaired) electrons. The summed E-state index contributed by atoms with van der Waals surface area (Å²) in [6.45, 7) is 3.41. The number of hydrogen-bond donors (Lipinski definition) is 5. The smallest absolute Gasteiger partial charge is 0.417 e. The highest BCUT2D eigenvalue weighted by molar-refractivity contribution is 5.83. The fourth-order valence-corrected chi connectivity index (χ4v) is 4.61. The number of amides is 1. The number of anilines is 2. The highest BCUT2D eigenvalue weighted by Gasteiger charge is 2.36. The Labute approximate surface area is 215 Å². The van der Waals surface area contributed by atoms with Crippen LogP contribution in [-0.2, 0) is 6.18 Å². The summed E-state index contributed by atoms with van der Waals surface area (Å²) in [6, 6.07) is 2.13. The molecule has 38 heavy (non-hydrogen) atoms. The Morgan fingerprint density at radius 2 is 1.92 bits per heavy atom. The highest BCUT2D eigenvalue weighted by Crippen LogP contribution is 2.34. The summed E-state index contributed by atoms with van der Waals surface area (Å²) in [4.78, 5) is 28.4. The Hall–Kier alpha value is -3.72. The van der Waals surface area contributed by atoms with E-state index in [1.54, 1.807) is 17.8 Å². The van der Waals surface area contributed by atoms with E-state index in [9.17, 15) is 28.2 Å². The van der Waals surface area contributed by atoms with Crippen LogP contribution in [0.1, 0.15) is 37.8 Å². The van der Waals surface area contributed by atoms with Crippen LogP contribution in [0.4, 0.5) is 29.6 Å². The predicted octanol–water partition coefficient (Wildman–Crippen LogP) is 2.26. The molecule has 0 bridgehead atoms. The number of alkyl halides is 3. The van der Waals surface area contributed by atoms with E-state index >= 15 is 0 Å². The highest BCUT2D eigenvalue weighted by atomic mass is 19.4. The summed E-state index contributed by atoms with van der Waals surface area (Å²) in [5, 5.41) is 33.4. The van der Waals surface area contributed by atoms with Crippen LogP contribution in [0, 0.1) is 0 Å². The second kappa shape index (κ2) is 11.3. The normalized spacial score (nSPS) is 23.3. The molecule has 4 atom stereocenters. The van der Waals surface area contributed by atoms with Crippen molar-refractivity contribution in [3.8, 4) is 0 Å². The number of carbonyl (C=O) groups is 1. The number of aromatic nitrogens is 5. The van der Waals surface area contributed by atoms with Gasteiger partial charge in [-0.3, -0.25) is 0 Å². The van der Waals surface area contributed by atoms with Gasteiger partial charge in [0.25, 0.3) is 0 Å². The van der Waals surface area contributed by atoms with Gasteiger partial charge in [-0.15, -0.1) is 0 Å². The summed E-state index contributed by atoms with van der Waals surface area (Å²) in [5.74, 6) is 1.04. The zero-order valence-corrected chi connectivity index (χ0v) is 20.5. The van der Waals surface area contributed by atoms with E-state index in [0.717, 1.165) is 18.7 Å². The van der Waals surface area contributed by atoms with Crippen molar-refractivity contribution in [1.82, 2.24) is 29.8 Å². The summed E-state index contributed by atoms with van der Waals surface area (Å²) >= 11 is 0. The molecule has 5 rings (SSSR count). The summed E-state index contributed by atoms with van der Waals surface area (Å²) in [6.07, 6.45) is -1.25. The van der Waals surface area contributed by atoms with Gasteiger partial charge in [0.1, 0.15) is 23.8 Å². The van der Waals surface area contributed by atoms with E-state index in [-0.39, 0.29) is 12.1 Å². The molecule has 1 amide bonds. The maximum atomic E-state index is 12.8. The number of hydrogen-bond acceptors (Lipinski definition) is 9. The van der Waals surface area contributed by atoms with Crippen LogP contribution in [0.15, 0.2) is 31.0 Å².